The van der Waals surface area contributed by atoms with Crippen molar-refractivity contribution < 1.29 is 23.5 Å². The minimum Gasteiger partial charge on any atom is -0.455 e. The number of anilines is 2. The first-order valence-corrected chi connectivity index (χ1v) is 12.6. The van der Waals surface area contributed by atoms with Gasteiger partial charge < -0.3 is 35.0 Å². The van der Waals surface area contributed by atoms with E-state index in [-0.39, 0.29) is 29.8 Å². The summed E-state index contributed by atoms with van der Waals surface area (Å²) in [6.07, 6.45) is 2.28. The monoisotopic (exact) mass is 523 g/mol. The van der Waals surface area contributed by atoms with Gasteiger partial charge in [0.05, 0.1) is 6.42 Å². The fourth-order valence-corrected chi connectivity index (χ4v) is 4.07. The highest BCUT2D eigenvalue weighted by Gasteiger charge is 2.23. The quantitative estimate of drug-likeness (QED) is 0.334. The third-order valence-electron chi connectivity index (χ3n) is 6.19. The number of carbonyl (C=O) groups excluding carboxylic acids is 3. The van der Waals surface area contributed by atoms with Crippen LogP contribution < -0.4 is 21.1 Å². The molecule has 4 rings (SSSR count). The minimum absolute atomic E-state index is 0.0520. The summed E-state index contributed by atoms with van der Waals surface area (Å²) in [7, 11) is 2.02. The first-order valence-electron chi connectivity index (χ1n) is 12.6. The van der Waals surface area contributed by atoms with E-state index in [1.54, 1.807) is 17.0 Å². The Balaban J connectivity index is 1.40. The number of nitrogens with one attached hydrogen (secondary N) is 3. The Labute approximate surface area is 220 Å². The number of imidazole rings is 1. The number of aromatic amines is 1. The van der Waals surface area contributed by atoms with E-state index in [9.17, 15) is 14.4 Å². The predicted molar refractivity (Wildman–Crippen MR) is 141 cm³/mol. The molecule has 3 aromatic rings. The van der Waals surface area contributed by atoms with Gasteiger partial charge in [-0.1, -0.05) is 25.5 Å². The first-order chi connectivity index (χ1) is 18.3. The fourth-order valence-electron chi connectivity index (χ4n) is 4.07. The van der Waals surface area contributed by atoms with Crippen LogP contribution in [0, 0.1) is 0 Å². The second-order valence-electron chi connectivity index (χ2n) is 9.20. The number of nitrogens with zero attached hydrogens (tertiary/aromatic N) is 3. The average Bonchev–Trinajstić information content (AvgIpc) is 3.50. The molecule has 4 amide bonds. The number of primary amides is 1. The summed E-state index contributed by atoms with van der Waals surface area (Å²) in [6.45, 7) is 5.03. The number of benzene rings is 1. The summed E-state index contributed by atoms with van der Waals surface area (Å²) in [5.74, 6) is 0.752. The van der Waals surface area contributed by atoms with Gasteiger partial charge in [0.1, 0.15) is 11.6 Å². The maximum Gasteiger partial charge on any atom is 0.411 e. The SMILES string of the molecule is CCCCc1ccc(NC(=O)Nc2[nH]c(Cc3ccc(C(=O)N4CCN(C)CC4)o3)nc2OC(N)=O)cc1. The van der Waals surface area contributed by atoms with Crippen LogP contribution in [0.2, 0.25) is 0 Å². The van der Waals surface area contributed by atoms with Gasteiger partial charge in [0, 0.05) is 31.9 Å². The zero-order valence-electron chi connectivity index (χ0n) is 21.6. The molecule has 1 aliphatic heterocycles. The van der Waals surface area contributed by atoms with Gasteiger partial charge in [0.15, 0.2) is 11.6 Å². The molecule has 0 atom stereocenters. The van der Waals surface area contributed by atoms with Crippen molar-refractivity contribution in [3.8, 4) is 5.88 Å². The van der Waals surface area contributed by atoms with E-state index in [2.05, 4.69) is 32.4 Å². The Bertz CT molecular complexity index is 1260. The van der Waals surface area contributed by atoms with Gasteiger partial charge in [-0.2, -0.15) is 4.98 Å². The number of furan rings is 1. The number of amides is 4. The van der Waals surface area contributed by atoms with Crippen molar-refractivity contribution in [1.82, 2.24) is 19.8 Å². The van der Waals surface area contributed by atoms with Gasteiger partial charge in [0.25, 0.3) is 11.8 Å². The van der Waals surface area contributed by atoms with Crippen LogP contribution in [0.4, 0.5) is 21.1 Å². The number of unbranched alkanes of at least 4 members (excludes halogenated alkanes) is 1. The molecule has 202 valence electrons. The van der Waals surface area contributed by atoms with Crippen LogP contribution in [-0.4, -0.2) is 71.0 Å². The van der Waals surface area contributed by atoms with Crippen LogP contribution in [0.5, 0.6) is 5.88 Å². The molecular formula is C26H33N7O5. The topological polar surface area (TPSA) is 159 Å². The Morgan fingerprint density at radius 1 is 1.08 bits per heavy atom. The molecule has 1 aromatic carbocycles. The number of nitrogens with two attached hydrogens (primary N) is 1. The van der Waals surface area contributed by atoms with Crippen LogP contribution in [0.3, 0.4) is 0 Å². The lowest BCUT2D eigenvalue weighted by Gasteiger charge is -2.31. The van der Waals surface area contributed by atoms with Crippen molar-refractivity contribution >= 4 is 29.5 Å². The highest BCUT2D eigenvalue weighted by atomic mass is 16.6. The molecule has 0 bridgehead atoms. The molecule has 3 heterocycles. The Kier molecular flexibility index (Phi) is 8.64. The lowest BCUT2D eigenvalue weighted by atomic mass is 10.1. The molecule has 0 radical (unpaired) electrons. The fraction of sp³-hybridized carbons (Fsp3) is 0.385. The molecule has 38 heavy (non-hydrogen) atoms. The zero-order chi connectivity index (χ0) is 27.1. The number of hydrogen-bond donors (Lipinski definition) is 4. The number of likely N-dealkylation sites (N-methyl/N-ethyl adjacent to an activating group) is 1. The zero-order valence-corrected chi connectivity index (χ0v) is 21.6. The van der Waals surface area contributed by atoms with Gasteiger partial charge in [-0.25, -0.2) is 9.59 Å². The van der Waals surface area contributed by atoms with Crippen LogP contribution in [0.1, 0.15) is 47.5 Å². The average molecular weight is 524 g/mol. The summed E-state index contributed by atoms with van der Waals surface area (Å²) in [5.41, 5.74) is 6.97. The standard InChI is InChI=1S/C26H33N7O5/c1-3-4-5-17-6-8-18(9-7-17)28-26(36)31-22-23(38-25(27)35)30-21(29-22)16-19-10-11-20(37-19)24(34)33-14-12-32(2)13-15-33/h6-11H,3-5,12-16H2,1-2H3,(H2,27,35)(H,29,30)(H2,28,31,36). The van der Waals surface area contributed by atoms with E-state index in [1.807, 2.05) is 31.3 Å². The number of hydrogen-bond acceptors (Lipinski definition) is 7. The second kappa shape index (κ2) is 12.3. The number of H-pyrrole nitrogens is 1. The molecule has 1 fully saturated rings. The van der Waals surface area contributed by atoms with E-state index in [0.717, 1.165) is 32.4 Å². The van der Waals surface area contributed by atoms with Gasteiger partial charge in [0.2, 0.25) is 0 Å². The van der Waals surface area contributed by atoms with Gasteiger partial charge in [-0.05, 0) is 49.7 Å². The van der Waals surface area contributed by atoms with Crippen LogP contribution in [0.15, 0.2) is 40.8 Å². The maximum atomic E-state index is 12.8. The molecule has 1 aliphatic rings. The van der Waals surface area contributed by atoms with Gasteiger partial charge in [-0.3, -0.25) is 10.1 Å². The smallest absolute Gasteiger partial charge is 0.411 e. The van der Waals surface area contributed by atoms with Crippen molar-refractivity contribution in [2.24, 2.45) is 5.73 Å². The number of rotatable bonds is 9. The number of aryl methyl sites for hydroxylation is 1. The number of urea groups is 1. The van der Waals surface area contributed by atoms with Crippen molar-refractivity contribution in [3.63, 3.8) is 0 Å². The molecule has 2 aromatic heterocycles. The summed E-state index contributed by atoms with van der Waals surface area (Å²) >= 11 is 0. The third kappa shape index (κ3) is 7.13. The number of carbonyl (C=O) groups is 3. The highest BCUT2D eigenvalue weighted by Crippen LogP contribution is 2.24. The molecule has 1 saturated heterocycles. The van der Waals surface area contributed by atoms with Crippen molar-refractivity contribution in [2.45, 2.75) is 32.6 Å². The summed E-state index contributed by atoms with van der Waals surface area (Å²) in [6, 6.07) is 10.3. The van der Waals surface area contributed by atoms with Crippen LogP contribution in [0.25, 0.3) is 0 Å². The van der Waals surface area contributed by atoms with E-state index >= 15 is 0 Å². The summed E-state index contributed by atoms with van der Waals surface area (Å²) in [5, 5.41) is 5.32. The molecule has 12 heteroatoms. The lowest BCUT2D eigenvalue weighted by molar-refractivity contribution is 0.0631. The third-order valence-corrected chi connectivity index (χ3v) is 6.19. The number of piperazine rings is 1. The van der Waals surface area contributed by atoms with E-state index < -0.39 is 12.1 Å². The molecule has 0 aliphatic carbocycles. The molecule has 0 unspecified atom stereocenters. The number of ether oxygens (including phenoxy) is 1. The number of aromatic nitrogens is 2. The Hall–Kier alpha value is -4.32. The molecule has 5 N–H and O–H groups in total. The first kappa shape index (κ1) is 26.7. The van der Waals surface area contributed by atoms with E-state index in [0.29, 0.717) is 30.4 Å². The summed E-state index contributed by atoms with van der Waals surface area (Å²) < 4.78 is 10.7. The van der Waals surface area contributed by atoms with E-state index in [4.69, 9.17) is 14.9 Å². The molecular weight excluding hydrogens is 490 g/mol. The predicted octanol–water partition coefficient (Wildman–Crippen LogP) is 3.43. The summed E-state index contributed by atoms with van der Waals surface area (Å²) in [4.78, 5) is 47.8. The molecule has 0 spiro atoms. The second-order valence-corrected chi connectivity index (χ2v) is 9.20. The lowest BCUT2D eigenvalue weighted by Crippen LogP contribution is -2.47. The Morgan fingerprint density at radius 3 is 2.50 bits per heavy atom. The van der Waals surface area contributed by atoms with Crippen molar-refractivity contribution in [3.05, 3.63) is 59.3 Å². The largest absolute Gasteiger partial charge is 0.455 e. The molecule has 0 saturated carbocycles. The van der Waals surface area contributed by atoms with Crippen LogP contribution >= 0.6 is 0 Å². The van der Waals surface area contributed by atoms with Crippen molar-refractivity contribution in [1.29, 1.82) is 0 Å². The minimum atomic E-state index is -1.08. The highest BCUT2D eigenvalue weighted by molar-refractivity contribution is 6.00. The maximum absolute atomic E-state index is 12.8. The molecule has 12 nitrogen and oxygen atoms in total. The van der Waals surface area contributed by atoms with E-state index in [1.165, 1.54) is 5.56 Å². The van der Waals surface area contributed by atoms with Crippen molar-refractivity contribution in [2.75, 3.05) is 43.9 Å². The normalized spacial score (nSPS) is 13.8. The van der Waals surface area contributed by atoms with Crippen LogP contribution in [-0.2, 0) is 12.8 Å². The van der Waals surface area contributed by atoms with Gasteiger partial charge >= 0.3 is 12.1 Å². The Morgan fingerprint density at radius 2 is 1.82 bits per heavy atom. The van der Waals surface area contributed by atoms with Gasteiger partial charge in [-0.15, -0.1) is 0 Å².